The second-order valence-electron chi connectivity index (χ2n) is 3.69. The lowest BCUT2D eigenvalue weighted by Gasteiger charge is -2.12. The summed E-state index contributed by atoms with van der Waals surface area (Å²) in [5.41, 5.74) is 0. The molecule has 0 atom stereocenters. The summed E-state index contributed by atoms with van der Waals surface area (Å²) in [6.45, 7) is 5.72. The molecule has 0 saturated carbocycles. The van der Waals surface area contributed by atoms with Crippen molar-refractivity contribution in [1.82, 2.24) is 9.97 Å². The Bertz CT molecular complexity index is 332. The van der Waals surface area contributed by atoms with Crippen LogP contribution in [0.1, 0.15) is 33.1 Å². The minimum atomic E-state index is 0.509. The minimum absolute atomic E-state index is 0.509. The number of unbranched alkanes of at least 4 members (excludes halogenated alkanes) is 1. The lowest BCUT2D eigenvalue weighted by atomic mass is 10.4. The van der Waals surface area contributed by atoms with Crippen LogP contribution >= 0.6 is 0 Å². The summed E-state index contributed by atoms with van der Waals surface area (Å²) in [6.07, 6.45) is 4.61. The van der Waals surface area contributed by atoms with Gasteiger partial charge in [-0.3, -0.25) is 0 Å². The van der Waals surface area contributed by atoms with Crippen LogP contribution in [0.5, 0.6) is 11.6 Å². The summed E-state index contributed by atoms with van der Waals surface area (Å²) in [6, 6.07) is 0. The van der Waals surface area contributed by atoms with E-state index >= 15 is 0 Å². The molecule has 0 unspecified atom stereocenters. The molecule has 1 heterocycles. The Morgan fingerprint density at radius 3 is 2.71 bits per heavy atom. The molecule has 0 aliphatic carbocycles. The molecule has 5 nitrogen and oxygen atoms in total. The van der Waals surface area contributed by atoms with Gasteiger partial charge in [-0.05, 0) is 12.8 Å². The highest BCUT2D eigenvalue weighted by atomic mass is 16.5. The first-order valence-corrected chi connectivity index (χ1v) is 6.09. The zero-order chi connectivity index (χ0) is 12.5. The van der Waals surface area contributed by atoms with Gasteiger partial charge in [-0.2, -0.15) is 4.98 Å². The van der Waals surface area contributed by atoms with Crippen molar-refractivity contribution in [3.05, 3.63) is 6.33 Å². The van der Waals surface area contributed by atoms with E-state index in [4.69, 9.17) is 9.47 Å². The second-order valence-corrected chi connectivity index (χ2v) is 3.69. The monoisotopic (exact) mass is 239 g/mol. The van der Waals surface area contributed by atoms with E-state index in [0.717, 1.165) is 25.8 Å². The molecule has 0 spiro atoms. The number of anilines is 1. The minimum Gasteiger partial charge on any atom is -0.489 e. The van der Waals surface area contributed by atoms with Crippen LogP contribution in [0.15, 0.2) is 6.33 Å². The van der Waals surface area contributed by atoms with Crippen molar-refractivity contribution in [1.29, 1.82) is 0 Å². The molecule has 0 aliphatic heterocycles. The van der Waals surface area contributed by atoms with E-state index in [-0.39, 0.29) is 0 Å². The predicted molar refractivity (Wildman–Crippen MR) is 67.8 cm³/mol. The number of methoxy groups -OCH3 is 1. The lowest BCUT2D eigenvalue weighted by Crippen LogP contribution is -2.07. The van der Waals surface area contributed by atoms with Gasteiger partial charge in [-0.1, -0.05) is 20.3 Å². The van der Waals surface area contributed by atoms with Gasteiger partial charge in [-0.25, -0.2) is 4.98 Å². The molecule has 0 radical (unpaired) electrons. The van der Waals surface area contributed by atoms with E-state index in [1.54, 1.807) is 7.11 Å². The Hall–Kier alpha value is -1.52. The third-order valence-electron chi connectivity index (χ3n) is 2.25. The van der Waals surface area contributed by atoms with Gasteiger partial charge in [0.25, 0.3) is 5.88 Å². The molecule has 0 amide bonds. The Kier molecular flexibility index (Phi) is 6.14. The van der Waals surface area contributed by atoms with Crippen LogP contribution in [0.2, 0.25) is 0 Å². The molecule has 1 aromatic rings. The molecular weight excluding hydrogens is 218 g/mol. The third-order valence-corrected chi connectivity index (χ3v) is 2.25. The molecule has 1 aromatic heterocycles. The molecule has 0 aromatic carbocycles. The van der Waals surface area contributed by atoms with Crippen LogP contribution < -0.4 is 14.8 Å². The number of nitrogens with zero attached hydrogens (tertiary/aromatic N) is 2. The fourth-order valence-electron chi connectivity index (χ4n) is 1.33. The zero-order valence-corrected chi connectivity index (χ0v) is 10.8. The molecule has 0 bridgehead atoms. The first-order valence-electron chi connectivity index (χ1n) is 6.09. The van der Waals surface area contributed by atoms with Gasteiger partial charge in [0.05, 0.1) is 13.7 Å². The Morgan fingerprint density at radius 1 is 1.24 bits per heavy atom. The average Bonchev–Trinajstić information content (AvgIpc) is 2.36. The molecule has 1 rings (SSSR count). The normalized spacial score (nSPS) is 10.1. The third kappa shape index (κ3) is 4.09. The van der Waals surface area contributed by atoms with Crippen molar-refractivity contribution < 1.29 is 9.47 Å². The fourth-order valence-corrected chi connectivity index (χ4v) is 1.33. The van der Waals surface area contributed by atoms with E-state index in [1.165, 1.54) is 6.33 Å². The van der Waals surface area contributed by atoms with E-state index in [0.29, 0.717) is 24.1 Å². The number of nitrogens with one attached hydrogen (secondary N) is 1. The first-order chi connectivity index (χ1) is 8.33. The largest absolute Gasteiger partial charge is 0.489 e. The van der Waals surface area contributed by atoms with Crippen LogP contribution in [0.25, 0.3) is 0 Å². The molecule has 0 aliphatic rings. The highest BCUT2D eigenvalue weighted by Gasteiger charge is 2.12. The molecule has 0 saturated heterocycles. The van der Waals surface area contributed by atoms with E-state index < -0.39 is 0 Å². The van der Waals surface area contributed by atoms with Crippen molar-refractivity contribution in [2.75, 3.05) is 25.6 Å². The maximum Gasteiger partial charge on any atom is 0.262 e. The maximum absolute atomic E-state index is 5.57. The quantitative estimate of drug-likeness (QED) is 0.706. The van der Waals surface area contributed by atoms with Crippen LogP contribution in [0.3, 0.4) is 0 Å². The van der Waals surface area contributed by atoms with Gasteiger partial charge in [0.2, 0.25) is 5.75 Å². The average molecular weight is 239 g/mol. The smallest absolute Gasteiger partial charge is 0.262 e. The number of aromatic nitrogens is 2. The van der Waals surface area contributed by atoms with Crippen molar-refractivity contribution in [2.24, 2.45) is 0 Å². The summed E-state index contributed by atoms with van der Waals surface area (Å²) >= 11 is 0. The summed E-state index contributed by atoms with van der Waals surface area (Å²) < 4.78 is 10.9. The SMILES string of the molecule is CCCCOc1ncnc(NCCC)c1OC. The predicted octanol–water partition coefficient (Wildman–Crippen LogP) is 2.49. The number of rotatable bonds is 8. The number of hydrogen-bond acceptors (Lipinski definition) is 5. The van der Waals surface area contributed by atoms with Crippen LogP contribution in [0.4, 0.5) is 5.82 Å². The van der Waals surface area contributed by atoms with Crippen molar-refractivity contribution in [2.45, 2.75) is 33.1 Å². The zero-order valence-electron chi connectivity index (χ0n) is 10.8. The molecule has 0 fully saturated rings. The van der Waals surface area contributed by atoms with Crippen molar-refractivity contribution >= 4 is 5.82 Å². The second kappa shape index (κ2) is 7.70. The van der Waals surface area contributed by atoms with Gasteiger partial charge in [0.1, 0.15) is 6.33 Å². The van der Waals surface area contributed by atoms with Crippen LogP contribution in [-0.4, -0.2) is 30.2 Å². The van der Waals surface area contributed by atoms with Gasteiger partial charge >= 0.3 is 0 Å². The van der Waals surface area contributed by atoms with Crippen molar-refractivity contribution in [3.8, 4) is 11.6 Å². The molecule has 17 heavy (non-hydrogen) atoms. The summed E-state index contributed by atoms with van der Waals surface area (Å²) in [5, 5.41) is 3.19. The standard InChI is InChI=1S/C12H21N3O2/c1-4-6-8-17-12-10(16-3)11(13-7-5-2)14-9-15-12/h9H,4-8H2,1-3H3,(H,13,14,15). The van der Waals surface area contributed by atoms with Crippen LogP contribution in [-0.2, 0) is 0 Å². The Morgan fingerprint density at radius 2 is 2.06 bits per heavy atom. The summed E-state index contributed by atoms with van der Waals surface area (Å²) in [7, 11) is 1.60. The van der Waals surface area contributed by atoms with E-state index in [1.807, 2.05) is 0 Å². The highest BCUT2D eigenvalue weighted by Crippen LogP contribution is 2.30. The van der Waals surface area contributed by atoms with Gasteiger partial charge < -0.3 is 14.8 Å². The van der Waals surface area contributed by atoms with Gasteiger partial charge in [-0.15, -0.1) is 0 Å². The molecule has 96 valence electrons. The molecular formula is C12H21N3O2. The number of ether oxygens (including phenoxy) is 2. The van der Waals surface area contributed by atoms with Crippen LogP contribution in [0, 0.1) is 0 Å². The summed E-state index contributed by atoms with van der Waals surface area (Å²) in [5.74, 6) is 1.78. The topological polar surface area (TPSA) is 56.3 Å². The molecule has 1 N–H and O–H groups in total. The molecule has 5 heteroatoms. The first kappa shape index (κ1) is 13.5. The van der Waals surface area contributed by atoms with E-state index in [2.05, 4.69) is 29.1 Å². The Labute approximate surface area is 103 Å². The Balaban J connectivity index is 2.74. The van der Waals surface area contributed by atoms with Crippen molar-refractivity contribution in [3.63, 3.8) is 0 Å². The van der Waals surface area contributed by atoms with Gasteiger partial charge in [0.15, 0.2) is 5.82 Å². The lowest BCUT2D eigenvalue weighted by molar-refractivity contribution is 0.276. The van der Waals surface area contributed by atoms with E-state index in [9.17, 15) is 0 Å². The van der Waals surface area contributed by atoms with Gasteiger partial charge in [0, 0.05) is 6.54 Å². The summed E-state index contributed by atoms with van der Waals surface area (Å²) in [4.78, 5) is 8.24. The number of hydrogen-bond donors (Lipinski definition) is 1. The fraction of sp³-hybridized carbons (Fsp3) is 0.667. The maximum atomic E-state index is 5.57. The highest BCUT2D eigenvalue weighted by molar-refractivity contribution is 5.54.